The summed E-state index contributed by atoms with van der Waals surface area (Å²) in [7, 11) is 0. The lowest BCUT2D eigenvalue weighted by molar-refractivity contribution is -0.136. The summed E-state index contributed by atoms with van der Waals surface area (Å²) in [5.41, 5.74) is 2.75. The molecule has 6 rings (SSSR count). The molecule has 3 aliphatic heterocycles. The van der Waals surface area contributed by atoms with E-state index >= 15 is 0 Å². The minimum absolute atomic E-state index is 0.0580. The van der Waals surface area contributed by atoms with Gasteiger partial charge in [-0.25, -0.2) is 4.98 Å². The quantitative estimate of drug-likeness (QED) is 0.555. The molecule has 3 aliphatic rings. The normalized spacial score (nSPS) is 23.1. The number of fused-ring (bicyclic) bond motifs is 2. The summed E-state index contributed by atoms with van der Waals surface area (Å²) in [4.78, 5) is 19.9. The molecule has 5 heterocycles. The van der Waals surface area contributed by atoms with Crippen molar-refractivity contribution in [2.45, 2.75) is 38.3 Å². The van der Waals surface area contributed by atoms with Crippen LogP contribution in [0.3, 0.4) is 0 Å². The van der Waals surface area contributed by atoms with E-state index in [0.29, 0.717) is 18.8 Å². The number of nitrogens with one attached hydrogen (secondary N) is 1. The van der Waals surface area contributed by atoms with Crippen LogP contribution in [0.15, 0.2) is 36.8 Å². The Morgan fingerprint density at radius 2 is 1.76 bits per heavy atom. The summed E-state index contributed by atoms with van der Waals surface area (Å²) in [5.74, 6) is 1.04. The number of ether oxygens (including phenoxy) is 1. The fourth-order valence-corrected chi connectivity index (χ4v) is 5.84. The molecular weight excluding hydrogens is 495 g/mol. The summed E-state index contributed by atoms with van der Waals surface area (Å²) in [6.45, 7) is 9.44. The van der Waals surface area contributed by atoms with E-state index in [1.165, 1.54) is 29.6 Å². The predicted molar refractivity (Wildman–Crippen MR) is 139 cm³/mol. The Bertz CT molecular complexity index is 1300. The van der Waals surface area contributed by atoms with Gasteiger partial charge in [0.1, 0.15) is 16.9 Å². The van der Waals surface area contributed by atoms with Gasteiger partial charge in [-0.05, 0) is 49.2 Å². The average molecular weight is 528 g/mol. The second-order valence-electron chi connectivity index (χ2n) is 10.4. The van der Waals surface area contributed by atoms with E-state index in [4.69, 9.17) is 9.72 Å². The number of nitrogens with zero attached hydrogens (tertiary/aromatic N) is 6. The first-order valence-corrected chi connectivity index (χ1v) is 13.2. The first-order valence-electron chi connectivity index (χ1n) is 13.2. The molecule has 11 heteroatoms. The van der Waals surface area contributed by atoms with E-state index in [-0.39, 0.29) is 23.2 Å². The van der Waals surface area contributed by atoms with Crippen molar-refractivity contribution in [1.29, 1.82) is 0 Å². The number of rotatable bonds is 4. The maximum absolute atomic E-state index is 13.6. The summed E-state index contributed by atoms with van der Waals surface area (Å²) in [6, 6.07) is 4.86. The Morgan fingerprint density at radius 1 is 0.974 bits per heavy atom. The molecule has 2 atom stereocenters. The molecule has 0 spiro atoms. The van der Waals surface area contributed by atoms with Gasteiger partial charge in [-0.1, -0.05) is 0 Å². The largest absolute Gasteiger partial charge is 0.418 e. The van der Waals surface area contributed by atoms with Gasteiger partial charge in [0.15, 0.2) is 0 Å². The third kappa shape index (κ3) is 5.14. The molecule has 0 unspecified atom stereocenters. The van der Waals surface area contributed by atoms with Crippen molar-refractivity contribution in [2.75, 3.05) is 62.2 Å². The van der Waals surface area contributed by atoms with Gasteiger partial charge in [0, 0.05) is 70.9 Å². The van der Waals surface area contributed by atoms with Crippen LogP contribution in [0.2, 0.25) is 0 Å². The Kier molecular flexibility index (Phi) is 6.83. The van der Waals surface area contributed by atoms with E-state index in [9.17, 15) is 13.2 Å². The highest BCUT2D eigenvalue weighted by molar-refractivity contribution is 5.90. The first-order chi connectivity index (χ1) is 18.3. The molecule has 0 amide bonds. The van der Waals surface area contributed by atoms with Crippen LogP contribution in [0.5, 0.6) is 0 Å². The predicted octanol–water partition coefficient (Wildman–Crippen LogP) is 3.11. The van der Waals surface area contributed by atoms with Crippen molar-refractivity contribution in [3.8, 4) is 0 Å². The maximum Gasteiger partial charge on any atom is 0.418 e. The zero-order valence-electron chi connectivity index (χ0n) is 21.4. The Balaban J connectivity index is 1.12. The van der Waals surface area contributed by atoms with Crippen LogP contribution < -0.4 is 15.1 Å². The fraction of sp³-hybridized carbons (Fsp3) is 0.519. The monoisotopic (exact) mass is 527 g/mol. The van der Waals surface area contributed by atoms with Crippen LogP contribution in [0.25, 0.3) is 11.0 Å². The molecule has 2 saturated heterocycles. The number of piperazine rings is 1. The lowest BCUT2D eigenvalue weighted by Gasteiger charge is -2.42. The summed E-state index contributed by atoms with van der Waals surface area (Å²) >= 11 is 0. The van der Waals surface area contributed by atoms with Gasteiger partial charge in [0.2, 0.25) is 0 Å². The molecule has 8 nitrogen and oxygen atoms in total. The van der Waals surface area contributed by atoms with E-state index in [0.717, 1.165) is 64.1 Å². The number of anilines is 2. The van der Waals surface area contributed by atoms with Crippen molar-refractivity contribution >= 4 is 22.5 Å². The number of halogens is 3. The minimum atomic E-state index is -4.48. The van der Waals surface area contributed by atoms with Gasteiger partial charge in [0.05, 0.1) is 23.5 Å². The van der Waals surface area contributed by atoms with E-state index < -0.39 is 11.7 Å². The van der Waals surface area contributed by atoms with E-state index in [1.807, 2.05) is 13.1 Å². The molecule has 0 radical (unpaired) electrons. The molecule has 1 N–H and O–H groups in total. The van der Waals surface area contributed by atoms with Crippen LogP contribution in [0.4, 0.5) is 24.7 Å². The second-order valence-corrected chi connectivity index (χ2v) is 10.4. The number of pyridine rings is 1. The average Bonchev–Trinajstić information content (AvgIpc) is 2.91. The molecule has 2 fully saturated rings. The van der Waals surface area contributed by atoms with Gasteiger partial charge in [-0.15, -0.1) is 0 Å². The molecule has 0 aliphatic carbocycles. The number of aromatic nitrogens is 3. The van der Waals surface area contributed by atoms with Crippen molar-refractivity contribution < 1.29 is 17.9 Å². The molecule has 0 saturated carbocycles. The Labute approximate surface area is 219 Å². The lowest BCUT2D eigenvalue weighted by atomic mass is 10.0. The van der Waals surface area contributed by atoms with Crippen molar-refractivity contribution in [3.63, 3.8) is 0 Å². The van der Waals surface area contributed by atoms with E-state index in [2.05, 4.69) is 36.1 Å². The van der Waals surface area contributed by atoms with Crippen molar-refractivity contribution in [1.82, 2.24) is 25.2 Å². The number of hydrogen-bond donors (Lipinski definition) is 1. The van der Waals surface area contributed by atoms with Crippen LogP contribution in [-0.2, 0) is 23.9 Å². The number of morpholine rings is 1. The van der Waals surface area contributed by atoms with Crippen LogP contribution in [0.1, 0.15) is 23.6 Å². The number of hydrogen-bond acceptors (Lipinski definition) is 8. The third-order valence-electron chi connectivity index (χ3n) is 7.69. The number of alkyl halides is 3. The minimum Gasteiger partial charge on any atom is -0.370 e. The fourth-order valence-electron chi connectivity index (χ4n) is 5.84. The van der Waals surface area contributed by atoms with Crippen molar-refractivity contribution in [2.24, 2.45) is 0 Å². The number of benzene rings is 1. The molecule has 0 bridgehead atoms. The summed E-state index contributed by atoms with van der Waals surface area (Å²) in [5, 5.41) is 3.43. The molecular formula is C27H32F3N7O. The Hall–Kier alpha value is -3.02. The SMILES string of the molecule is C[C@@H]1CN(c2ccc(C(F)(F)F)c3nccnc23)C[C@H](CN2CCN(c3cc4c(cn3)CCNC4)CC2)O1. The summed E-state index contributed by atoms with van der Waals surface area (Å²) < 4.78 is 47.0. The highest BCUT2D eigenvalue weighted by Crippen LogP contribution is 2.37. The molecule has 2 aromatic heterocycles. The topological polar surface area (TPSA) is 69.7 Å². The smallest absolute Gasteiger partial charge is 0.370 e. The Morgan fingerprint density at radius 3 is 2.55 bits per heavy atom. The molecule has 1 aromatic carbocycles. The van der Waals surface area contributed by atoms with Gasteiger partial charge in [-0.3, -0.25) is 14.9 Å². The van der Waals surface area contributed by atoms with Crippen molar-refractivity contribution in [3.05, 3.63) is 53.5 Å². The standard InChI is InChI=1S/C27H32F3N7O/c1-18-15-37(23-3-2-22(27(28,29)30)25-26(23)33-7-6-32-25)17-21(38-18)16-35-8-10-36(11-9-35)24-12-20-13-31-5-4-19(20)14-34-24/h2-3,6-7,12,14,18,21,31H,4-5,8-11,13,15-17H2,1H3/t18-,21+/m1/s1. The highest BCUT2D eigenvalue weighted by atomic mass is 19.4. The first kappa shape index (κ1) is 25.3. The van der Waals surface area contributed by atoms with Crippen LogP contribution >= 0.6 is 0 Å². The molecule has 202 valence electrons. The highest BCUT2D eigenvalue weighted by Gasteiger charge is 2.35. The molecule has 3 aromatic rings. The maximum atomic E-state index is 13.6. The molecule has 38 heavy (non-hydrogen) atoms. The van der Waals surface area contributed by atoms with Gasteiger partial charge >= 0.3 is 6.18 Å². The van der Waals surface area contributed by atoms with Crippen LogP contribution in [-0.4, -0.2) is 84.4 Å². The lowest BCUT2D eigenvalue weighted by Crippen LogP contribution is -2.54. The third-order valence-corrected chi connectivity index (χ3v) is 7.69. The summed E-state index contributed by atoms with van der Waals surface area (Å²) in [6.07, 6.45) is 1.20. The van der Waals surface area contributed by atoms with Gasteiger partial charge in [0.25, 0.3) is 0 Å². The van der Waals surface area contributed by atoms with Crippen LogP contribution in [0, 0.1) is 0 Å². The van der Waals surface area contributed by atoms with E-state index in [1.54, 1.807) is 0 Å². The van der Waals surface area contributed by atoms with Gasteiger partial charge in [-0.2, -0.15) is 13.2 Å². The zero-order valence-corrected chi connectivity index (χ0v) is 21.4. The van der Waals surface area contributed by atoms with Gasteiger partial charge < -0.3 is 19.9 Å². The zero-order chi connectivity index (χ0) is 26.3. The second kappa shape index (κ2) is 10.3.